The number of likely N-dealkylation sites (tertiary alicyclic amines) is 1. The van der Waals surface area contributed by atoms with Crippen molar-refractivity contribution >= 4 is 17.5 Å². The van der Waals surface area contributed by atoms with Crippen LogP contribution in [0.4, 0.5) is 0 Å². The van der Waals surface area contributed by atoms with E-state index in [2.05, 4.69) is 4.98 Å². The SMILES string of the molecule is O=C(O)[C@@H]1CCCCN1C(=O)Cc1cn2ccccc2n1. The number of aromatic nitrogens is 2. The topological polar surface area (TPSA) is 74.9 Å². The number of hydrogen-bond donors (Lipinski definition) is 1. The number of hydrogen-bond acceptors (Lipinski definition) is 3. The smallest absolute Gasteiger partial charge is 0.326 e. The van der Waals surface area contributed by atoms with Crippen LogP contribution in [0, 0.1) is 0 Å². The fourth-order valence-corrected chi connectivity index (χ4v) is 2.82. The highest BCUT2D eigenvalue weighted by molar-refractivity contribution is 5.85. The van der Waals surface area contributed by atoms with Crippen molar-refractivity contribution in [2.24, 2.45) is 0 Å². The molecular formula is C15H17N3O3. The lowest BCUT2D eigenvalue weighted by molar-refractivity contribution is -0.151. The predicted octanol–water partition coefficient (Wildman–Crippen LogP) is 1.34. The minimum atomic E-state index is -0.918. The van der Waals surface area contributed by atoms with Crippen LogP contribution in [0.2, 0.25) is 0 Å². The van der Waals surface area contributed by atoms with Gasteiger partial charge in [0.05, 0.1) is 12.1 Å². The lowest BCUT2D eigenvalue weighted by atomic mass is 10.0. The third kappa shape index (κ3) is 2.74. The van der Waals surface area contributed by atoms with Gasteiger partial charge >= 0.3 is 5.97 Å². The zero-order valence-corrected chi connectivity index (χ0v) is 11.6. The van der Waals surface area contributed by atoms with Gasteiger partial charge in [0.2, 0.25) is 5.91 Å². The van der Waals surface area contributed by atoms with Crippen molar-refractivity contribution in [1.29, 1.82) is 0 Å². The van der Waals surface area contributed by atoms with E-state index in [1.165, 1.54) is 4.90 Å². The maximum Gasteiger partial charge on any atom is 0.326 e. The quantitative estimate of drug-likeness (QED) is 0.924. The number of carboxylic acid groups (broad SMARTS) is 1. The van der Waals surface area contributed by atoms with E-state index in [0.717, 1.165) is 18.5 Å². The van der Waals surface area contributed by atoms with Crippen molar-refractivity contribution in [2.45, 2.75) is 31.7 Å². The summed E-state index contributed by atoms with van der Waals surface area (Å²) in [6.07, 6.45) is 6.08. The van der Waals surface area contributed by atoms with E-state index in [0.29, 0.717) is 18.7 Å². The summed E-state index contributed by atoms with van der Waals surface area (Å²) in [5.41, 5.74) is 1.45. The van der Waals surface area contributed by atoms with Crippen LogP contribution in [0.25, 0.3) is 5.65 Å². The van der Waals surface area contributed by atoms with E-state index < -0.39 is 12.0 Å². The first kappa shape index (κ1) is 13.6. The summed E-state index contributed by atoms with van der Waals surface area (Å²) in [6.45, 7) is 0.517. The number of piperidine rings is 1. The second-order valence-electron chi connectivity index (χ2n) is 5.31. The first-order valence-corrected chi connectivity index (χ1v) is 7.10. The fraction of sp³-hybridized carbons (Fsp3) is 0.400. The minimum absolute atomic E-state index is 0.144. The number of carboxylic acids is 1. The molecule has 6 heteroatoms. The molecule has 0 radical (unpaired) electrons. The van der Waals surface area contributed by atoms with Crippen molar-refractivity contribution in [3.05, 3.63) is 36.3 Å². The highest BCUT2D eigenvalue weighted by Crippen LogP contribution is 2.18. The summed E-state index contributed by atoms with van der Waals surface area (Å²) in [5.74, 6) is -1.08. The number of carbonyl (C=O) groups is 2. The van der Waals surface area contributed by atoms with Gasteiger partial charge in [0, 0.05) is 18.9 Å². The Morgan fingerprint density at radius 2 is 2.19 bits per heavy atom. The molecular weight excluding hydrogens is 270 g/mol. The fourth-order valence-electron chi connectivity index (χ4n) is 2.82. The van der Waals surface area contributed by atoms with E-state index in [1.54, 1.807) is 0 Å². The van der Waals surface area contributed by atoms with Gasteiger partial charge in [-0.05, 0) is 31.4 Å². The molecule has 6 nitrogen and oxygen atoms in total. The molecule has 3 heterocycles. The Labute approximate surface area is 122 Å². The third-order valence-corrected chi connectivity index (χ3v) is 3.85. The summed E-state index contributed by atoms with van der Waals surface area (Å²) in [5, 5.41) is 9.22. The van der Waals surface area contributed by atoms with Gasteiger partial charge in [-0.15, -0.1) is 0 Å². The molecule has 21 heavy (non-hydrogen) atoms. The number of fused-ring (bicyclic) bond motifs is 1. The molecule has 1 amide bonds. The normalized spacial score (nSPS) is 18.9. The first-order valence-electron chi connectivity index (χ1n) is 7.10. The maximum absolute atomic E-state index is 12.4. The highest BCUT2D eigenvalue weighted by Gasteiger charge is 2.31. The highest BCUT2D eigenvalue weighted by atomic mass is 16.4. The largest absolute Gasteiger partial charge is 0.480 e. The van der Waals surface area contributed by atoms with E-state index >= 15 is 0 Å². The Hall–Kier alpha value is -2.37. The van der Waals surface area contributed by atoms with Crippen LogP contribution >= 0.6 is 0 Å². The third-order valence-electron chi connectivity index (χ3n) is 3.85. The monoisotopic (exact) mass is 287 g/mol. The molecule has 0 aromatic carbocycles. The minimum Gasteiger partial charge on any atom is -0.480 e. The van der Waals surface area contributed by atoms with Crippen molar-refractivity contribution in [2.75, 3.05) is 6.54 Å². The predicted molar refractivity (Wildman–Crippen MR) is 75.9 cm³/mol. The van der Waals surface area contributed by atoms with Crippen LogP contribution in [-0.2, 0) is 16.0 Å². The Morgan fingerprint density at radius 3 is 2.95 bits per heavy atom. The Bertz CT molecular complexity index is 647. The molecule has 1 atom stereocenters. The summed E-state index contributed by atoms with van der Waals surface area (Å²) < 4.78 is 1.85. The van der Waals surface area contributed by atoms with Crippen LogP contribution in [-0.4, -0.2) is 43.9 Å². The Balaban J connectivity index is 1.76. The van der Waals surface area contributed by atoms with Gasteiger partial charge in [-0.3, -0.25) is 4.79 Å². The van der Waals surface area contributed by atoms with Gasteiger partial charge in [-0.1, -0.05) is 6.07 Å². The lowest BCUT2D eigenvalue weighted by Gasteiger charge is -2.32. The van der Waals surface area contributed by atoms with Crippen molar-refractivity contribution in [1.82, 2.24) is 14.3 Å². The van der Waals surface area contributed by atoms with Gasteiger partial charge in [0.15, 0.2) is 0 Å². The molecule has 1 saturated heterocycles. The summed E-state index contributed by atoms with van der Waals surface area (Å²) in [6, 6.07) is 4.96. The zero-order chi connectivity index (χ0) is 14.8. The number of imidazole rings is 1. The summed E-state index contributed by atoms with van der Waals surface area (Å²) in [7, 11) is 0. The van der Waals surface area contributed by atoms with Gasteiger partial charge in [-0.2, -0.15) is 0 Å². The van der Waals surface area contributed by atoms with Crippen LogP contribution in [0.5, 0.6) is 0 Å². The maximum atomic E-state index is 12.4. The molecule has 1 fully saturated rings. The van der Waals surface area contributed by atoms with Crippen LogP contribution in [0.1, 0.15) is 25.0 Å². The summed E-state index contributed by atoms with van der Waals surface area (Å²) in [4.78, 5) is 29.5. The molecule has 0 spiro atoms. The Kier molecular flexibility index (Phi) is 3.60. The van der Waals surface area contributed by atoms with Gasteiger partial charge < -0.3 is 14.4 Å². The molecule has 1 aliphatic heterocycles. The molecule has 3 rings (SSSR count). The second kappa shape index (κ2) is 5.55. The number of nitrogens with zero attached hydrogens (tertiary/aromatic N) is 3. The molecule has 0 saturated carbocycles. The van der Waals surface area contributed by atoms with Gasteiger partial charge in [-0.25, -0.2) is 9.78 Å². The van der Waals surface area contributed by atoms with Crippen LogP contribution in [0.3, 0.4) is 0 Å². The lowest BCUT2D eigenvalue weighted by Crippen LogP contribution is -2.48. The van der Waals surface area contributed by atoms with E-state index in [9.17, 15) is 14.7 Å². The van der Waals surface area contributed by atoms with E-state index in [1.807, 2.05) is 35.0 Å². The van der Waals surface area contributed by atoms with Crippen molar-refractivity contribution in [3.8, 4) is 0 Å². The average molecular weight is 287 g/mol. The van der Waals surface area contributed by atoms with E-state index in [4.69, 9.17) is 0 Å². The molecule has 110 valence electrons. The molecule has 0 bridgehead atoms. The van der Waals surface area contributed by atoms with Crippen LogP contribution in [0.15, 0.2) is 30.6 Å². The Morgan fingerprint density at radius 1 is 1.33 bits per heavy atom. The number of rotatable bonds is 3. The standard InChI is InChI=1S/C15H17N3O3/c19-14(18-8-4-1-5-12(18)15(20)21)9-11-10-17-7-3-2-6-13(17)16-11/h2-3,6-7,10,12H,1,4-5,8-9H2,(H,20,21)/t12-/m0/s1. The van der Waals surface area contributed by atoms with Crippen molar-refractivity contribution < 1.29 is 14.7 Å². The van der Waals surface area contributed by atoms with Gasteiger partial charge in [0.25, 0.3) is 0 Å². The molecule has 1 N–H and O–H groups in total. The summed E-state index contributed by atoms with van der Waals surface area (Å²) >= 11 is 0. The molecule has 0 unspecified atom stereocenters. The number of aliphatic carboxylic acids is 1. The molecule has 0 aliphatic carbocycles. The second-order valence-corrected chi connectivity index (χ2v) is 5.31. The number of pyridine rings is 1. The molecule has 1 aliphatic rings. The number of amides is 1. The van der Waals surface area contributed by atoms with E-state index in [-0.39, 0.29) is 12.3 Å². The van der Waals surface area contributed by atoms with Crippen molar-refractivity contribution in [3.63, 3.8) is 0 Å². The molecule has 2 aromatic rings. The zero-order valence-electron chi connectivity index (χ0n) is 11.6. The average Bonchev–Trinajstić information content (AvgIpc) is 2.89. The van der Waals surface area contributed by atoms with Gasteiger partial charge in [0.1, 0.15) is 11.7 Å². The molecule has 2 aromatic heterocycles. The van der Waals surface area contributed by atoms with Crippen LogP contribution < -0.4 is 0 Å². The number of carbonyl (C=O) groups excluding carboxylic acids is 1. The first-order chi connectivity index (χ1) is 10.1.